The van der Waals surface area contributed by atoms with Crippen LogP contribution in [0.25, 0.3) is 0 Å². The molecule has 1 rings (SSSR count). The van der Waals surface area contributed by atoms with Gasteiger partial charge in [-0.15, -0.1) is 5.11 Å². The summed E-state index contributed by atoms with van der Waals surface area (Å²) in [5, 5.41) is 13.2. The Morgan fingerprint density at radius 2 is 2.38 bits per heavy atom. The highest BCUT2D eigenvalue weighted by atomic mass is 16.1. The van der Waals surface area contributed by atoms with Crippen molar-refractivity contribution in [3.8, 4) is 0 Å². The van der Waals surface area contributed by atoms with Crippen LogP contribution in [-0.2, 0) is 4.79 Å². The van der Waals surface area contributed by atoms with Crippen LogP contribution in [0.3, 0.4) is 0 Å². The van der Waals surface area contributed by atoms with Gasteiger partial charge in [-0.1, -0.05) is 0 Å². The molecule has 0 fully saturated rings. The first kappa shape index (κ1) is 4.83. The minimum absolute atomic E-state index is 0.111. The fraction of sp³-hybridized carbons (Fsp3) is 0. The Hall–Kier alpha value is -1.32. The Balaban J connectivity index is 2.89. The first-order valence-corrected chi connectivity index (χ1v) is 2.01. The second-order valence-corrected chi connectivity index (χ2v) is 1.25. The Morgan fingerprint density at radius 1 is 1.62 bits per heavy atom. The summed E-state index contributed by atoms with van der Waals surface area (Å²) in [4.78, 5) is 10.3. The standard InChI is InChI=1S/C4H3N3O/c5-3-1-2-6-7-4(3)8/h1-2,5H. The maximum Gasteiger partial charge on any atom is 0.313 e. The van der Waals surface area contributed by atoms with Crippen molar-refractivity contribution in [1.82, 2.24) is 0 Å². The molecule has 0 aromatic rings. The quantitative estimate of drug-likeness (QED) is 0.484. The van der Waals surface area contributed by atoms with Crippen LogP contribution in [-0.4, -0.2) is 11.6 Å². The predicted molar refractivity (Wildman–Crippen MR) is 26.7 cm³/mol. The van der Waals surface area contributed by atoms with Crippen molar-refractivity contribution in [2.45, 2.75) is 0 Å². The molecule has 1 amide bonds. The van der Waals surface area contributed by atoms with Crippen LogP contribution in [0.2, 0.25) is 0 Å². The number of nitrogens with one attached hydrogen (secondary N) is 1. The topological polar surface area (TPSA) is 65.6 Å². The molecule has 4 nitrogen and oxygen atoms in total. The highest BCUT2D eigenvalue weighted by molar-refractivity contribution is 6.42. The normalized spacial score (nSPS) is 17.5. The van der Waals surface area contributed by atoms with E-state index >= 15 is 0 Å². The molecule has 8 heavy (non-hydrogen) atoms. The van der Waals surface area contributed by atoms with Gasteiger partial charge in [0.2, 0.25) is 0 Å². The summed E-state index contributed by atoms with van der Waals surface area (Å²) in [6.45, 7) is 0. The van der Waals surface area contributed by atoms with Crippen LogP contribution in [0.5, 0.6) is 0 Å². The zero-order valence-electron chi connectivity index (χ0n) is 3.96. The average molecular weight is 109 g/mol. The van der Waals surface area contributed by atoms with Gasteiger partial charge in [-0.2, -0.15) is 5.11 Å². The molecule has 1 heterocycles. The van der Waals surface area contributed by atoms with Gasteiger partial charge >= 0.3 is 5.91 Å². The molecule has 40 valence electrons. The summed E-state index contributed by atoms with van der Waals surface area (Å²) in [7, 11) is 0. The van der Waals surface area contributed by atoms with Gasteiger partial charge in [-0.3, -0.25) is 10.2 Å². The molecule has 0 spiro atoms. The van der Waals surface area contributed by atoms with E-state index in [1.165, 1.54) is 12.3 Å². The third-order valence-electron chi connectivity index (χ3n) is 0.687. The molecule has 1 N–H and O–H groups in total. The summed E-state index contributed by atoms with van der Waals surface area (Å²) < 4.78 is 0. The molecule has 1 aliphatic rings. The van der Waals surface area contributed by atoms with Gasteiger partial charge in [-0.25, -0.2) is 0 Å². The summed E-state index contributed by atoms with van der Waals surface area (Å²) in [5.74, 6) is -0.576. The minimum atomic E-state index is -0.576. The number of hydrogen-bond donors (Lipinski definition) is 1. The lowest BCUT2D eigenvalue weighted by molar-refractivity contribution is -0.112. The smallest absolute Gasteiger partial charge is 0.295 e. The summed E-state index contributed by atoms with van der Waals surface area (Å²) in [5.41, 5.74) is -0.111. The van der Waals surface area contributed by atoms with E-state index in [-0.39, 0.29) is 5.71 Å². The second-order valence-electron chi connectivity index (χ2n) is 1.25. The maximum atomic E-state index is 10.3. The fourth-order valence-corrected chi connectivity index (χ4v) is 0.319. The first-order chi connectivity index (χ1) is 3.80. The lowest BCUT2D eigenvalue weighted by atomic mass is 10.3. The van der Waals surface area contributed by atoms with E-state index in [0.29, 0.717) is 0 Å². The van der Waals surface area contributed by atoms with E-state index in [1.54, 1.807) is 0 Å². The Morgan fingerprint density at radius 3 is 2.75 bits per heavy atom. The molecule has 0 radical (unpaired) electrons. The fourth-order valence-electron chi connectivity index (χ4n) is 0.319. The van der Waals surface area contributed by atoms with E-state index < -0.39 is 5.91 Å². The summed E-state index contributed by atoms with van der Waals surface area (Å²) in [6.07, 6.45) is 2.61. The molecule has 0 aromatic carbocycles. The number of rotatable bonds is 0. The van der Waals surface area contributed by atoms with Crippen molar-refractivity contribution < 1.29 is 4.79 Å². The third-order valence-corrected chi connectivity index (χ3v) is 0.687. The molecule has 0 saturated heterocycles. The van der Waals surface area contributed by atoms with Crippen LogP contribution in [0.15, 0.2) is 22.5 Å². The molecule has 0 aliphatic carbocycles. The molecular formula is C4H3N3O. The Bertz CT molecular complexity index is 169. The van der Waals surface area contributed by atoms with Crippen molar-refractivity contribution in [3.63, 3.8) is 0 Å². The van der Waals surface area contributed by atoms with Gasteiger partial charge in [-0.05, 0) is 6.08 Å². The Labute approximate surface area is 45.4 Å². The molecule has 1 aliphatic heterocycles. The average Bonchev–Trinajstić information content (AvgIpc) is 1.77. The minimum Gasteiger partial charge on any atom is -0.295 e. The second kappa shape index (κ2) is 1.65. The summed E-state index contributed by atoms with van der Waals surface area (Å²) >= 11 is 0. The third kappa shape index (κ3) is 0.676. The highest BCUT2D eigenvalue weighted by Crippen LogP contribution is 1.92. The Kier molecular flexibility index (Phi) is 0.997. The van der Waals surface area contributed by atoms with Crippen LogP contribution >= 0.6 is 0 Å². The molecule has 4 heteroatoms. The van der Waals surface area contributed by atoms with Gasteiger partial charge in [0, 0.05) is 0 Å². The molecular weight excluding hydrogens is 106 g/mol. The van der Waals surface area contributed by atoms with Crippen molar-refractivity contribution in [1.29, 1.82) is 5.41 Å². The maximum absolute atomic E-state index is 10.3. The van der Waals surface area contributed by atoms with E-state index in [9.17, 15) is 4.79 Å². The molecule has 0 aromatic heterocycles. The van der Waals surface area contributed by atoms with Crippen LogP contribution in [0.1, 0.15) is 0 Å². The predicted octanol–water partition coefficient (Wildman–Crippen LogP) is 0.512. The number of carbonyl (C=O) groups excluding carboxylic acids is 1. The van der Waals surface area contributed by atoms with Crippen molar-refractivity contribution >= 4 is 11.6 Å². The number of carbonyl (C=O) groups is 1. The molecule has 0 saturated carbocycles. The lowest BCUT2D eigenvalue weighted by Gasteiger charge is -1.90. The van der Waals surface area contributed by atoms with Gasteiger partial charge in [0.25, 0.3) is 0 Å². The molecule has 0 bridgehead atoms. The van der Waals surface area contributed by atoms with E-state index in [1.807, 2.05) is 0 Å². The highest BCUT2D eigenvalue weighted by Gasteiger charge is 2.05. The first-order valence-electron chi connectivity index (χ1n) is 2.01. The largest absolute Gasteiger partial charge is 0.313 e. The van der Waals surface area contributed by atoms with Crippen LogP contribution in [0.4, 0.5) is 0 Å². The number of hydrogen-bond acceptors (Lipinski definition) is 3. The number of nitrogens with zero attached hydrogens (tertiary/aromatic N) is 2. The van der Waals surface area contributed by atoms with Crippen molar-refractivity contribution in [2.24, 2.45) is 10.2 Å². The monoisotopic (exact) mass is 109 g/mol. The zero-order chi connectivity index (χ0) is 5.98. The van der Waals surface area contributed by atoms with Crippen molar-refractivity contribution in [3.05, 3.63) is 12.3 Å². The van der Waals surface area contributed by atoms with Crippen molar-refractivity contribution in [2.75, 3.05) is 0 Å². The SMILES string of the molecule is N=C1C=CN=NC1=O. The van der Waals surface area contributed by atoms with E-state index in [2.05, 4.69) is 10.2 Å². The van der Waals surface area contributed by atoms with Crippen LogP contribution in [0, 0.1) is 5.41 Å². The zero-order valence-corrected chi connectivity index (χ0v) is 3.96. The molecule has 0 atom stereocenters. The van der Waals surface area contributed by atoms with Gasteiger partial charge < -0.3 is 0 Å². The van der Waals surface area contributed by atoms with Gasteiger partial charge in [0.15, 0.2) is 0 Å². The number of azo groups is 1. The summed E-state index contributed by atoms with van der Waals surface area (Å²) in [6, 6.07) is 0. The van der Waals surface area contributed by atoms with E-state index in [0.717, 1.165) is 0 Å². The van der Waals surface area contributed by atoms with E-state index in [4.69, 9.17) is 5.41 Å². The molecule has 0 unspecified atom stereocenters. The van der Waals surface area contributed by atoms with Crippen LogP contribution < -0.4 is 0 Å². The number of amides is 1. The lowest BCUT2D eigenvalue weighted by Crippen LogP contribution is -2.07. The van der Waals surface area contributed by atoms with Gasteiger partial charge in [0.05, 0.1) is 6.20 Å². The van der Waals surface area contributed by atoms with Gasteiger partial charge in [0.1, 0.15) is 5.71 Å².